The Kier molecular flexibility index (Phi) is 8.39. The van der Waals surface area contributed by atoms with Gasteiger partial charge in [-0.1, -0.05) is 18.7 Å². The van der Waals surface area contributed by atoms with E-state index < -0.39 is 17.9 Å². The standard InChI is InChI=1S/C21H24O8/c1-2-18(22)27-11-12-28-19(23)13-14-3-9-17(10-4-14)29-21(26)16-7-5-15(6-8-16)20(24)25/h2-4,9-10,15-16H,1,5-8,11-13H2,(H,24,25)/t15-,16-. The van der Waals surface area contributed by atoms with Crippen LogP contribution in [-0.2, 0) is 35.1 Å². The lowest BCUT2D eigenvalue weighted by Gasteiger charge is -2.24. The van der Waals surface area contributed by atoms with E-state index in [1.54, 1.807) is 24.3 Å². The van der Waals surface area contributed by atoms with Crippen molar-refractivity contribution < 1.29 is 38.5 Å². The number of ether oxygens (including phenoxy) is 3. The smallest absolute Gasteiger partial charge is 0.330 e. The molecule has 0 aliphatic heterocycles. The molecule has 0 radical (unpaired) electrons. The lowest BCUT2D eigenvalue weighted by Crippen LogP contribution is -2.28. The number of rotatable bonds is 9. The highest BCUT2D eigenvalue weighted by Crippen LogP contribution is 2.30. The first kappa shape index (κ1) is 22.1. The van der Waals surface area contributed by atoms with Crippen molar-refractivity contribution in [3.8, 4) is 5.75 Å². The molecule has 1 aliphatic carbocycles. The summed E-state index contributed by atoms with van der Waals surface area (Å²) in [6, 6.07) is 6.50. The third-order valence-electron chi connectivity index (χ3n) is 4.66. The number of hydrogen-bond donors (Lipinski definition) is 1. The Morgan fingerprint density at radius 2 is 1.55 bits per heavy atom. The quantitative estimate of drug-likeness (QED) is 0.288. The molecule has 1 aromatic rings. The normalized spacial score (nSPS) is 18.3. The maximum absolute atomic E-state index is 12.2. The summed E-state index contributed by atoms with van der Waals surface area (Å²) < 4.78 is 15.0. The first-order chi connectivity index (χ1) is 13.9. The van der Waals surface area contributed by atoms with Crippen molar-refractivity contribution in [1.29, 1.82) is 0 Å². The van der Waals surface area contributed by atoms with E-state index in [0.717, 1.165) is 6.08 Å². The number of esters is 3. The van der Waals surface area contributed by atoms with Crippen LogP contribution in [0.3, 0.4) is 0 Å². The van der Waals surface area contributed by atoms with Crippen molar-refractivity contribution in [3.63, 3.8) is 0 Å². The molecule has 0 aromatic heterocycles. The van der Waals surface area contributed by atoms with Gasteiger partial charge in [-0.15, -0.1) is 0 Å². The van der Waals surface area contributed by atoms with Crippen molar-refractivity contribution in [2.24, 2.45) is 11.8 Å². The summed E-state index contributed by atoms with van der Waals surface area (Å²) in [6.07, 6.45) is 3.01. The number of benzene rings is 1. The summed E-state index contributed by atoms with van der Waals surface area (Å²) in [4.78, 5) is 45.8. The highest BCUT2D eigenvalue weighted by molar-refractivity contribution is 5.81. The summed E-state index contributed by atoms with van der Waals surface area (Å²) in [7, 11) is 0. The molecule has 8 nitrogen and oxygen atoms in total. The van der Waals surface area contributed by atoms with Crippen molar-refractivity contribution in [1.82, 2.24) is 0 Å². The zero-order valence-electron chi connectivity index (χ0n) is 16.0. The highest BCUT2D eigenvalue weighted by atomic mass is 16.6. The van der Waals surface area contributed by atoms with Crippen LogP contribution in [0, 0.1) is 11.8 Å². The largest absolute Gasteiger partial charge is 0.481 e. The monoisotopic (exact) mass is 404 g/mol. The van der Waals surface area contributed by atoms with Crippen LogP contribution in [0.25, 0.3) is 0 Å². The maximum atomic E-state index is 12.2. The molecule has 1 aliphatic rings. The molecule has 0 heterocycles. The van der Waals surface area contributed by atoms with E-state index in [0.29, 0.717) is 37.0 Å². The Balaban J connectivity index is 1.73. The number of carboxylic acid groups (broad SMARTS) is 1. The van der Waals surface area contributed by atoms with Crippen molar-refractivity contribution >= 4 is 23.9 Å². The fourth-order valence-corrected chi connectivity index (χ4v) is 3.03. The first-order valence-electron chi connectivity index (χ1n) is 9.37. The Hall–Kier alpha value is -3.16. The molecule has 2 rings (SSSR count). The predicted octanol–water partition coefficient (Wildman–Crippen LogP) is 2.30. The van der Waals surface area contributed by atoms with E-state index in [-0.39, 0.29) is 37.4 Å². The van der Waals surface area contributed by atoms with Gasteiger partial charge in [-0.3, -0.25) is 14.4 Å². The minimum Gasteiger partial charge on any atom is -0.481 e. The van der Waals surface area contributed by atoms with Crippen LogP contribution in [-0.4, -0.2) is 42.2 Å². The van der Waals surface area contributed by atoms with Crippen molar-refractivity contribution in [2.45, 2.75) is 32.1 Å². The van der Waals surface area contributed by atoms with E-state index in [9.17, 15) is 19.2 Å². The van der Waals surface area contributed by atoms with Gasteiger partial charge in [-0.2, -0.15) is 0 Å². The van der Waals surface area contributed by atoms with E-state index in [4.69, 9.17) is 19.3 Å². The lowest BCUT2D eigenvalue weighted by molar-refractivity contribution is -0.149. The SMILES string of the molecule is C=CC(=O)OCCOC(=O)Cc1ccc(OC(=O)[C@H]2CC[C@H](C(=O)O)CC2)cc1. The molecule has 0 spiro atoms. The van der Waals surface area contributed by atoms with Crippen LogP contribution < -0.4 is 4.74 Å². The second kappa shape index (κ2) is 11.0. The molecular weight excluding hydrogens is 380 g/mol. The second-order valence-electron chi connectivity index (χ2n) is 6.72. The molecule has 0 unspecified atom stereocenters. The van der Waals surface area contributed by atoms with Gasteiger partial charge >= 0.3 is 23.9 Å². The molecule has 0 bridgehead atoms. The summed E-state index contributed by atoms with van der Waals surface area (Å²) >= 11 is 0. The van der Waals surface area contributed by atoms with Gasteiger partial charge in [0.05, 0.1) is 18.3 Å². The zero-order chi connectivity index (χ0) is 21.2. The van der Waals surface area contributed by atoms with E-state index >= 15 is 0 Å². The predicted molar refractivity (Wildman–Crippen MR) is 101 cm³/mol. The number of carbonyl (C=O) groups is 4. The number of carbonyl (C=O) groups excluding carboxylic acids is 3. The van der Waals surface area contributed by atoms with Gasteiger partial charge in [0.25, 0.3) is 0 Å². The van der Waals surface area contributed by atoms with Gasteiger partial charge in [-0.05, 0) is 43.4 Å². The molecule has 0 atom stereocenters. The fraction of sp³-hybridized carbons (Fsp3) is 0.429. The Bertz CT molecular complexity index is 744. The minimum atomic E-state index is -0.816. The Morgan fingerprint density at radius 1 is 0.966 bits per heavy atom. The molecule has 0 saturated heterocycles. The lowest BCUT2D eigenvalue weighted by atomic mass is 9.82. The third kappa shape index (κ3) is 7.40. The molecule has 156 valence electrons. The Morgan fingerprint density at radius 3 is 2.14 bits per heavy atom. The molecule has 1 aromatic carbocycles. The van der Waals surface area contributed by atoms with Crippen molar-refractivity contribution in [3.05, 3.63) is 42.5 Å². The number of carboxylic acids is 1. The summed E-state index contributed by atoms with van der Waals surface area (Å²) in [5.74, 6) is -2.55. The third-order valence-corrected chi connectivity index (χ3v) is 4.66. The Labute approximate surface area is 168 Å². The average molecular weight is 404 g/mol. The van der Waals surface area contributed by atoms with Crippen LogP contribution in [0.5, 0.6) is 5.75 Å². The van der Waals surface area contributed by atoms with Gasteiger partial charge < -0.3 is 19.3 Å². The molecule has 1 N–H and O–H groups in total. The molecule has 29 heavy (non-hydrogen) atoms. The van der Waals surface area contributed by atoms with Gasteiger partial charge in [0, 0.05) is 6.08 Å². The zero-order valence-corrected chi connectivity index (χ0v) is 16.0. The van der Waals surface area contributed by atoms with E-state index in [1.807, 2.05) is 0 Å². The summed E-state index contributed by atoms with van der Waals surface area (Å²) in [6.45, 7) is 3.17. The summed E-state index contributed by atoms with van der Waals surface area (Å²) in [5, 5.41) is 9.01. The van der Waals surface area contributed by atoms with Crippen LogP contribution in [0.15, 0.2) is 36.9 Å². The van der Waals surface area contributed by atoms with Gasteiger partial charge in [-0.25, -0.2) is 4.79 Å². The van der Waals surface area contributed by atoms with Crippen LogP contribution >= 0.6 is 0 Å². The molecular formula is C21H24O8. The van der Waals surface area contributed by atoms with Gasteiger partial charge in [0.15, 0.2) is 0 Å². The molecule has 0 amide bonds. The van der Waals surface area contributed by atoms with E-state index in [2.05, 4.69) is 6.58 Å². The topological polar surface area (TPSA) is 116 Å². The number of hydrogen-bond acceptors (Lipinski definition) is 7. The van der Waals surface area contributed by atoms with Crippen molar-refractivity contribution in [2.75, 3.05) is 13.2 Å². The first-order valence-corrected chi connectivity index (χ1v) is 9.37. The molecule has 1 fully saturated rings. The highest BCUT2D eigenvalue weighted by Gasteiger charge is 2.30. The minimum absolute atomic E-state index is 0.0306. The summed E-state index contributed by atoms with van der Waals surface area (Å²) in [5.41, 5.74) is 0.680. The fourth-order valence-electron chi connectivity index (χ4n) is 3.03. The van der Waals surface area contributed by atoms with Gasteiger partial charge in [0.2, 0.25) is 0 Å². The van der Waals surface area contributed by atoms with Gasteiger partial charge in [0.1, 0.15) is 19.0 Å². The molecule has 1 saturated carbocycles. The van der Waals surface area contributed by atoms with Crippen LogP contribution in [0.4, 0.5) is 0 Å². The maximum Gasteiger partial charge on any atom is 0.330 e. The van der Waals surface area contributed by atoms with E-state index in [1.165, 1.54) is 0 Å². The average Bonchev–Trinajstić information content (AvgIpc) is 2.72. The number of aliphatic carboxylic acids is 1. The second-order valence-corrected chi connectivity index (χ2v) is 6.72. The van der Waals surface area contributed by atoms with Crippen LogP contribution in [0.1, 0.15) is 31.2 Å². The van der Waals surface area contributed by atoms with Crippen LogP contribution in [0.2, 0.25) is 0 Å². The molecule has 8 heteroatoms.